The number of carbonyl (C=O) groups excluding carboxylic acids is 1. The van der Waals surface area contributed by atoms with Crippen LogP contribution in [0.5, 0.6) is 0 Å². The largest absolute Gasteiger partial charge is 0.465 e. The molecule has 2 unspecified atom stereocenters. The van der Waals surface area contributed by atoms with Gasteiger partial charge in [0.05, 0.1) is 23.4 Å². The Morgan fingerprint density at radius 1 is 1.15 bits per heavy atom. The number of sulfonamides is 1. The van der Waals surface area contributed by atoms with E-state index in [0.29, 0.717) is 24.5 Å². The Hall–Kier alpha value is -2.42. The van der Waals surface area contributed by atoms with Crippen LogP contribution in [0.2, 0.25) is 0 Å². The highest BCUT2D eigenvalue weighted by Crippen LogP contribution is 2.22. The molecule has 0 radical (unpaired) electrons. The number of furan rings is 1. The molecule has 144 valence electrons. The summed E-state index contributed by atoms with van der Waals surface area (Å²) in [5, 5.41) is 2.68. The van der Waals surface area contributed by atoms with Gasteiger partial charge in [-0.15, -0.1) is 0 Å². The molecule has 2 atom stereocenters. The maximum Gasteiger partial charge on any atom is 0.248 e. The van der Waals surface area contributed by atoms with E-state index in [1.165, 1.54) is 28.8 Å². The molecule has 1 aliphatic heterocycles. The van der Waals surface area contributed by atoms with Crippen LogP contribution in [-0.4, -0.2) is 43.9 Å². The van der Waals surface area contributed by atoms with Crippen LogP contribution in [0.3, 0.4) is 0 Å². The molecule has 7 nitrogen and oxygen atoms in total. The van der Waals surface area contributed by atoms with E-state index in [9.17, 15) is 13.2 Å². The lowest BCUT2D eigenvalue weighted by Crippen LogP contribution is -2.48. The van der Waals surface area contributed by atoms with Crippen molar-refractivity contribution in [1.82, 2.24) is 4.31 Å². The number of ether oxygens (including phenoxy) is 1. The Kier molecular flexibility index (Phi) is 5.79. The van der Waals surface area contributed by atoms with Crippen molar-refractivity contribution in [3.63, 3.8) is 0 Å². The molecule has 3 rings (SSSR count). The molecule has 1 aromatic heterocycles. The number of nitrogens with one attached hydrogen (secondary N) is 1. The lowest BCUT2D eigenvalue weighted by Gasteiger charge is -2.34. The van der Waals surface area contributed by atoms with Crippen LogP contribution < -0.4 is 5.32 Å². The van der Waals surface area contributed by atoms with Crippen molar-refractivity contribution in [2.24, 2.45) is 0 Å². The van der Waals surface area contributed by atoms with Crippen molar-refractivity contribution in [3.8, 4) is 0 Å². The zero-order valence-electron chi connectivity index (χ0n) is 15.2. The highest BCUT2D eigenvalue weighted by atomic mass is 32.2. The molecule has 1 N–H and O–H groups in total. The summed E-state index contributed by atoms with van der Waals surface area (Å²) in [7, 11) is -3.60. The van der Waals surface area contributed by atoms with E-state index in [1.807, 2.05) is 13.8 Å². The monoisotopic (exact) mass is 390 g/mol. The lowest BCUT2D eigenvalue weighted by atomic mass is 10.3. The van der Waals surface area contributed by atoms with Gasteiger partial charge in [0, 0.05) is 24.9 Å². The molecule has 1 aromatic carbocycles. The van der Waals surface area contributed by atoms with Crippen LogP contribution >= 0.6 is 0 Å². The summed E-state index contributed by atoms with van der Waals surface area (Å²) in [5.41, 5.74) is 0.506. The van der Waals surface area contributed by atoms with Crippen molar-refractivity contribution < 1.29 is 22.4 Å². The molecule has 2 aromatic rings. The first-order valence-corrected chi connectivity index (χ1v) is 10.1. The average Bonchev–Trinajstić information content (AvgIpc) is 3.13. The molecule has 0 saturated carbocycles. The summed E-state index contributed by atoms with van der Waals surface area (Å²) in [6.07, 6.45) is 4.12. The first-order chi connectivity index (χ1) is 12.8. The van der Waals surface area contributed by atoms with Crippen LogP contribution in [0.1, 0.15) is 19.6 Å². The van der Waals surface area contributed by atoms with E-state index < -0.39 is 10.0 Å². The molecule has 0 spiro atoms. The summed E-state index contributed by atoms with van der Waals surface area (Å²) >= 11 is 0. The predicted molar refractivity (Wildman–Crippen MR) is 102 cm³/mol. The Labute approximate surface area is 158 Å². The van der Waals surface area contributed by atoms with E-state index >= 15 is 0 Å². The zero-order valence-corrected chi connectivity index (χ0v) is 16.0. The van der Waals surface area contributed by atoms with Crippen LogP contribution in [0.15, 0.2) is 58.1 Å². The standard InChI is InChI=1S/C19H22N2O5S/c1-14-12-21(13-15(2)26-14)27(23,24)18-8-5-16(6-9-18)20-19(22)10-7-17-4-3-11-25-17/h3-11,14-15H,12-13H2,1-2H3,(H,20,22)/b10-7+. The van der Waals surface area contributed by atoms with E-state index in [1.54, 1.807) is 30.3 Å². The third-order valence-corrected chi connectivity index (χ3v) is 5.93. The van der Waals surface area contributed by atoms with Crippen LogP contribution in [-0.2, 0) is 19.6 Å². The minimum atomic E-state index is -3.60. The van der Waals surface area contributed by atoms with Gasteiger partial charge in [-0.2, -0.15) is 4.31 Å². The van der Waals surface area contributed by atoms with Gasteiger partial charge in [-0.05, 0) is 56.3 Å². The summed E-state index contributed by atoms with van der Waals surface area (Å²) in [5.74, 6) is 0.235. The van der Waals surface area contributed by atoms with Crippen molar-refractivity contribution in [2.45, 2.75) is 31.0 Å². The van der Waals surface area contributed by atoms with Crippen molar-refractivity contribution in [2.75, 3.05) is 18.4 Å². The number of hydrogen-bond acceptors (Lipinski definition) is 5. The van der Waals surface area contributed by atoms with Crippen molar-refractivity contribution >= 4 is 27.7 Å². The summed E-state index contributed by atoms with van der Waals surface area (Å²) in [6, 6.07) is 9.58. The Morgan fingerprint density at radius 2 is 1.81 bits per heavy atom. The average molecular weight is 390 g/mol. The normalized spacial score (nSPS) is 21.4. The van der Waals surface area contributed by atoms with Crippen molar-refractivity contribution in [3.05, 3.63) is 54.5 Å². The lowest BCUT2D eigenvalue weighted by molar-refractivity contribution is -0.111. The molecule has 1 aliphatic rings. The van der Waals surface area contributed by atoms with Gasteiger partial charge in [0.25, 0.3) is 0 Å². The van der Waals surface area contributed by atoms with E-state index in [2.05, 4.69) is 5.32 Å². The number of morpholine rings is 1. The van der Waals surface area contributed by atoms with Gasteiger partial charge in [0.2, 0.25) is 15.9 Å². The minimum absolute atomic E-state index is 0.150. The van der Waals surface area contributed by atoms with E-state index in [4.69, 9.17) is 9.15 Å². The topological polar surface area (TPSA) is 88.9 Å². The number of benzene rings is 1. The maximum atomic E-state index is 12.8. The van der Waals surface area contributed by atoms with Gasteiger partial charge in [0.15, 0.2) is 0 Å². The number of carbonyl (C=O) groups is 1. The van der Waals surface area contributed by atoms with Gasteiger partial charge < -0.3 is 14.5 Å². The molecular formula is C19H22N2O5S. The molecule has 0 aliphatic carbocycles. The maximum absolute atomic E-state index is 12.8. The predicted octanol–water partition coefficient (Wildman–Crippen LogP) is 2.73. The Balaban J connectivity index is 1.66. The molecule has 1 fully saturated rings. The fourth-order valence-corrected chi connectivity index (χ4v) is 4.50. The van der Waals surface area contributed by atoms with Gasteiger partial charge in [-0.1, -0.05) is 0 Å². The number of rotatable bonds is 5. The number of hydrogen-bond donors (Lipinski definition) is 1. The second-order valence-electron chi connectivity index (χ2n) is 6.44. The van der Waals surface area contributed by atoms with E-state index in [0.717, 1.165) is 0 Å². The Morgan fingerprint density at radius 3 is 2.41 bits per heavy atom. The molecule has 0 bridgehead atoms. The molecule has 1 amide bonds. The van der Waals surface area contributed by atoms with Crippen LogP contribution in [0.4, 0.5) is 5.69 Å². The van der Waals surface area contributed by atoms with Gasteiger partial charge >= 0.3 is 0 Å². The molecule has 2 heterocycles. The van der Waals surface area contributed by atoms with Gasteiger partial charge in [0.1, 0.15) is 5.76 Å². The quantitative estimate of drug-likeness (QED) is 0.793. The molecule has 27 heavy (non-hydrogen) atoms. The van der Waals surface area contributed by atoms with Gasteiger partial charge in [-0.3, -0.25) is 4.79 Å². The first-order valence-electron chi connectivity index (χ1n) is 8.63. The van der Waals surface area contributed by atoms with Crippen LogP contribution in [0.25, 0.3) is 6.08 Å². The summed E-state index contributed by atoms with van der Waals surface area (Å²) < 4.78 is 37.8. The smallest absolute Gasteiger partial charge is 0.248 e. The second-order valence-corrected chi connectivity index (χ2v) is 8.38. The van der Waals surface area contributed by atoms with Crippen LogP contribution in [0, 0.1) is 0 Å². The van der Waals surface area contributed by atoms with Gasteiger partial charge in [-0.25, -0.2) is 8.42 Å². The molecule has 1 saturated heterocycles. The third kappa shape index (κ3) is 4.85. The number of anilines is 1. The first kappa shape index (κ1) is 19.3. The Bertz CT molecular complexity index is 894. The minimum Gasteiger partial charge on any atom is -0.465 e. The fourth-order valence-electron chi connectivity index (χ4n) is 2.91. The number of amides is 1. The zero-order chi connectivity index (χ0) is 19.4. The van der Waals surface area contributed by atoms with Crippen molar-refractivity contribution in [1.29, 1.82) is 0 Å². The third-order valence-electron chi connectivity index (χ3n) is 4.09. The second kappa shape index (κ2) is 8.08. The molecule has 8 heteroatoms. The summed E-state index contributed by atoms with van der Waals surface area (Å²) in [6.45, 7) is 4.35. The SMILES string of the molecule is CC1CN(S(=O)(=O)c2ccc(NC(=O)/C=C/c3ccco3)cc2)CC(C)O1. The number of nitrogens with zero attached hydrogens (tertiary/aromatic N) is 1. The molecular weight excluding hydrogens is 368 g/mol. The fraction of sp³-hybridized carbons (Fsp3) is 0.316. The summed E-state index contributed by atoms with van der Waals surface area (Å²) in [4.78, 5) is 12.1. The highest BCUT2D eigenvalue weighted by Gasteiger charge is 2.32. The highest BCUT2D eigenvalue weighted by molar-refractivity contribution is 7.89. The van der Waals surface area contributed by atoms with E-state index in [-0.39, 0.29) is 23.0 Å².